The van der Waals surface area contributed by atoms with E-state index in [9.17, 15) is 4.79 Å². The quantitative estimate of drug-likeness (QED) is 0.684. The summed E-state index contributed by atoms with van der Waals surface area (Å²) in [6.07, 6.45) is 6.28. The Balaban J connectivity index is 2.48. The topological polar surface area (TPSA) is 41.1 Å². The van der Waals surface area contributed by atoms with Gasteiger partial charge in [-0.25, -0.2) is 0 Å². The van der Waals surface area contributed by atoms with Gasteiger partial charge in [0.1, 0.15) is 0 Å². The lowest BCUT2D eigenvalue weighted by Gasteiger charge is -2.28. The lowest BCUT2D eigenvalue weighted by molar-refractivity contribution is -0.124. The van der Waals surface area contributed by atoms with Crippen molar-refractivity contribution in [1.29, 1.82) is 0 Å². The molecule has 1 aliphatic rings. The van der Waals surface area contributed by atoms with Gasteiger partial charge in [0, 0.05) is 7.05 Å². The molecule has 0 bridgehead atoms. The lowest BCUT2D eigenvalue weighted by atomic mass is 9.83. The van der Waals surface area contributed by atoms with Crippen LogP contribution in [0.4, 0.5) is 0 Å². The first-order valence-corrected chi connectivity index (χ1v) is 5.18. The Hall–Kier alpha value is -0.570. The van der Waals surface area contributed by atoms with Crippen LogP contribution in [0.2, 0.25) is 0 Å². The molecule has 0 aromatic rings. The van der Waals surface area contributed by atoms with E-state index < -0.39 is 0 Å². The van der Waals surface area contributed by atoms with Crippen LogP contribution in [0.5, 0.6) is 0 Å². The van der Waals surface area contributed by atoms with E-state index in [1.807, 2.05) is 7.05 Å². The van der Waals surface area contributed by atoms with Crippen molar-refractivity contribution < 1.29 is 4.79 Å². The van der Waals surface area contributed by atoms with E-state index in [4.69, 9.17) is 0 Å². The molecule has 3 nitrogen and oxygen atoms in total. The maximum atomic E-state index is 11.5. The van der Waals surface area contributed by atoms with Crippen LogP contribution in [0, 0.1) is 5.92 Å². The minimum atomic E-state index is 0.0188. The zero-order chi connectivity index (χ0) is 9.68. The molecule has 2 N–H and O–H groups in total. The predicted octanol–water partition coefficient (Wildman–Crippen LogP) is 0.901. The Morgan fingerprint density at radius 2 is 1.85 bits per heavy atom. The van der Waals surface area contributed by atoms with E-state index >= 15 is 0 Å². The Morgan fingerprint density at radius 1 is 1.23 bits per heavy atom. The second-order valence-corrected chi connectivity index (χ2v) is 3.78. The number of hydrogen-bond donors (Lipinski definition) is 2. The SMILES string of the molecule is CNC(=O)[C@@H](NC)C1CCCCC1. The summed E-state index contributed by atoms with van der Waals surface area (Å²) in [7, 11) is 3.57. The van der Waals surface area contributed by atoms with E-state index in [0.29, 0.717) is 5.92 Å². The van der Waals surface area contributed by atoms with E-state index in [2.05, 4.69) is 10.6 Å². The third-order valence-corrected chi connectivity index (χ3v) is 2.96. The maximum Gasteiger partial charge on any atom is 0.237 e. The second kappa shape index (κ2) is 5.22. The summed E-state index contributed by atoms with van der Waals surface area (Å²) in [4.78, 5) is 11.5. The molecule has 0 aliphatic heterocycles. The zero-order valence-corrected chi connectivity index (χ0v) is 8.60. The molecule has 76 valence electrons. The average Bonchev–Trinajstić information content (AvgIpc) is 2.20. The van der Waals surface area contributed by atoms with Crippen molar-refractivity contribution in [1.82, 2.24) is 10.6 Å². The second-order valence-electron chi connectivity index (χ2n) is 3.78. The van der Waals surface area contributed by atoms with Gasteiger partial charge >= 0.3 is 0 Å². The Morgan fingerprint density at radius 3 is 2.31 bits per heavy atom. The van der Waals surface area contributed by atoms with Gasteiger partial charge in [0.05, 0.1) is 6.04 Å². The molecule has 1 rings (SSSR count). The van der Waals surface area contributed by atoms with E-state index in [0.717, 1.165) is 0 Å². The third-order valence-electron chi connectivity index (χ3n) is 2.96. The fourth-order valence-electron chi connectivity index (χ4n) is 2.20. The molecule has 0 saturated heterocycles. The van der Waals surface area contributed by atoms with Gasteiger partial charge in [-0.3, -0.25) is 4.79 Å². The van der Waals surface area contributed by atoms with Crippen molar-refractivity contribution in [2.75, 3.05) is 14.1 Å². The molecule has 0 radical (unpaired) electrons. The zero-order valence-electron chi connectivity index (χ0n) is 8.60. The number of hydrogen-bond acceptors (Lipinski definition) is 2. The highest BCUT2D eigenvalue weighted by Gasteiger charge is 2.26. The van der Waals surface area contributed by atoms with Crippen molar-refractivity contribution in [2.45, 2.75) is 38.1 Å². The van der Waals surface area contributed by atoms with Gasteiger partial charge < -0.3 is 10.6 Å². The fourth-order valence-corrected chi connectivity index (χ4v) is 2.20. The fraction of sp³-hybridized carbons (Fsp3) is 0.900. The first-order chi connectivity index (χ1) is 6.29. The van der Waals surface area contributed by atoms with Crippen molar-refractivity contribution in [3.63, 3.8) is 0 Å². The van der Waals surface area contributed by atoms with Gasteiger partial charge in [-0.1, -0.05) is 19.3 Å². The van der Waals surface area contributed by atoms with Crippen LogP contribution in [-0.4, -0.2) is 26.0 Å². The number of rotatable bonds is 3. The molecule has 3 heteroatoms. The first kappa shape index (κ1) is 10.5. The smallest absolute Gasteiger partial charge is 0.237 e. The van der Waals surface area contributed by atoms with Gasteiger partial charge in [-0.15, -0.1) is 0 Å². The summed E-state index contributed by atoms with van der Waals surface area (Å²) in [6, 6.07) is 0.0188. The van der Waals surface area contributed by atoms with Crippen LogP contribution in [0.1, 0.15) is 32.1 Å². The largest absolute Gasteiger partial charge is 0.358 e. The monoisotopic (exact) mass is 184 g/mol. The molecule has 0 aromatic heterocycles. The molecular formula is C10H20N2O. The Kier molecular flexibility index (Phi) is 4.22. The molecule has 1 atom stereocenters. The number of carbonyl (C=O) groups is 1. The van der Waals surface area contributed by atoms with Gasteiger partial charge in [0.2, 0.25) is 5.91 Å². The highest BCUT2D eigenvalue weighted by molar-refractivity contribution is 5.81. The van der Waals surface area contributed by atoms with Crippen molar-refractivity contribution in [3.05, 3.63) is 0 Å². The molecule has 0 unspecified atom stereocenters. The normalized spacial score (nSPS) is 21.1. The number of amides is 1. The van der Waals surface area contributed by atoms with Crippen LogP contribution in [0.3, 0.4) is 0 Å². The highest BCUT2D eigenvalue weighted by Crippen LogP contribution is 2.26. The van der Waals surface area contributed by atoms with Gasteiger partial charge in [-0.2, -0.15) is 0 Å². The van der Waals surface area contributed by atoms with Gasteiger partial charge in [0.25, 0.3) is 0 Å². The first-order valence-electron chi connectivity index (χ1n) is 5.18. The third kappa shape index (κ3) is 2.69. The molecule has 0 aromatic carbocycles. The van der Waals surface area contributed by atoms with Crippen molar-refractivity contribution >= 4 is 5.91 Å². The summed E-state index contributed by atoms with van der Waals surface area (Å²) in [5, 5.41) is 5.82. The number of carbonyl (C=O) groups excluding carboxylic acids is 1. The molecular weight excluding hydrogens is 164 g/mol. The maximum absolute atomic E-state index is 11.5. The van der Waals surface area contributed by atoms with Crippen LogP contribution in [-0.2, 0) is 4.79 Å². The van der Waals surface area contributed by atoms with Gasteiger partial charge in [0.15, 0.2) is 0 Å². The Bertz CT molecular complexity index is 164. The van der Waals surface area contributed by atoms with Gasteiger partial charge in [-0.05, 0) is 25.8 Å². The molecule has 1 amide bonds. The van der Waals surface area contributed by atoms with E-state index in [1.165, 1.54) is 32.1 Å². The Labute approximate surface area is 80.3 Å². The van der Waals surface area contributed by atoms with Crippen molar-refractivity contribution in [3.8, 4) is 0 Å². The van der Waals surface area contributed by atoms with E-state index in [-0.39, 0.29) is 11.9 Å². The van der Waals surface area contributed by atoms with Crippen molar-refractivity contribution in [2.24, 2.45) is 5.92 Å². The summed E-state index contributed by atoms with van der Waals surface area (Å²) >= 11 is 0. The minimum absolute atomic E-state index is 0.0188. The summed E-state index contributed by atoms with van der Waals surface area (Å²) in [5.41, 5.74) is 0. The van der Waals surface area contributed by atoms with Crippen LogP contribution in [0.25, 0.3) is 0 Å². The molecule has 0 spiro atoms. The van der Waals surface area contributed by atoms with Crippen LogP contribution < -0.4 is 10.6 Å². The van der Waals surface area contributed by atoms with Crippen LogP contribution in [0.15, 0.2) is 0 Å². The predicted molar refractivity (Wildman–Crippen MR) is 53.5 cm³/mol. The summed E-state index contributed by atoms with van der Waals surface area (Å²) in [6.45, 7) is 0. The molecule has 1 aliphatic carbocycles. The molecule has 0 heterocycles. The summed E-state index contributed by atoms with van der Waals surface area (Å²) < 4.78 is 0. The average molecular weight is 184 g/mol. The molecule has 1 fully saturated rings. The number of likely N-dealkylation sites (N-methyl/N-ethyl adjacent to an activating group) is 2. The lowest BCUT2D eigenvalue weighted by Crippen LogP contribution is -2.46. The molecule has 13 heavy (non-hydrogen) atoms. The highest BCUT2D eigenvalue weighted by atomic mass is 16.2. The summed E-state index contributed by atoms with van der Waals surface area (Å²) in [5.74, 6) is 0.674. The van der Waals surface area contributed by atoms with E-state index in [1.54, 1.807) is 7.05 Å². The number of nitrogens with one attached hydrogen (secondary N) is 2. The minimum Gasteiger partial charge on any atom is -0.358 e. The standard InChI is InChI=1S/C10H20N2O/c1-11-9(10(13)12-2)8-6-4-3-5-7-8/h8-9,11H,3-7H2,1-2H3,(H,12,13)/t9-/m0/s1. The van der Waals surface area contributed by atoms with Crippen LogP contribution >= 0.6 is 0 Å². The molecule has 1 saturated carbocycles.